The van der Waals surface area contributed by atoms with Gasteiger partial charge in [-0.15, -0.1) is 0 Å². The summed E-state index contributed by atoms with van der Waals surface area (Å²) in [5, 5.41) is 2.16. The van der Waals surface area contributed by atoms with Crippen LogP contribution in [-0.2, 0) is 5.41 Å². The summed E-state index contributed by atoms with van der Waals surface area (Å²) >= 11 is 0. The Kier molecular flexibility index (Phi) is 4.92. The Labute approximate surface area is 249 Å². The lowest BCUT2D eigenvalue weighted by molar-refractivity contribution is 0.360. The molecule has 0 atom stereocenters. The van der Waals surface area contributed by atoms with Crippen LogP contribution in [0.1, 0.15) is 25.0 Å². The van der Waals surface area contributed by atoms with Crippen LogP contribution in [0.25, 0.3) is 55.3 Å². The largest absolute Gasteiger partial charge is 0.449 e. The van der Waals surface area contributed by atoms with Gasteiger partial charge in [0.15, 0.2) is 23.0 Å². The number of fused-ring (bicyclic) bond motifs is 8. The number of hydrogen-bond donors (Lipinski definition) is 0. The molecule has 0 bridgehead atoms. The topological polar surface area (TPSA) is 44.2 Å². The first kappa shape index (κ1) is 24.2. The van der Waals surface area contributed by atoms with Crippen molar-refractivity contribution in [1.82, 2.24) is 9.97 Å². The summed E-state index contributed by atoms with van der Waals surface area (Å²) < 4.78 is 13.2. The Hall–Kier alpha value is -5.48. The predicted molar refractivity (Wildman–Crippen MR) is 172 cm³/mol. The molecule has 0 radical (unpaired) electrons. The van der Waals surface area contributed by atoms with Gasteiger partial charge in [0.05, 0.1) is 16.7 Å². The van der Waals surface area contributed by atoms with Crippen LogP contribution in [0.15, 0.2) is 121 Å². The van der Waals surface area contributed by atoms with Crippen molar-refractivity contribution in [3.05, 3.63) is 133 Å². The Morgan fingerprint density at radius 2 is 1.30 bits per heavy atom. The molecule has 0 amide bonds. The van der Waals surface area contributed by atoms with Gasteiger partial charge in [0, 0.05) is 33.5 Å². The van der Waals surface area contributed by atoms with Crippen LogP contribution in [0.5, 0.6) is 23.0 Å². The summed E-state index contributed by atoms with van der Waals surface area (Å²) in [6.45, 7) is 4.55. The Morgan fingerprint density at radius 1 is 0.535 bits per heavy atom. The van der Waals surface area contributed by atoms with E-state index in [1.165, 1.54) is 22.3 Å². The maximum atomic E-state index is 6.68. The molecule has 43 heavy (non-hydrogen) atoms. The molecule has 3 heterocycles. The van der Waals surface area contributed by atoms with Crippen molar-refractivity contribution in [2.45, 2.75) is 19.3 Å². The summed E-state index contributed by atoms with van der Waals surface area (Å²) in [5.41, 5.74) is 10.7. The van der Waals surface area contributed by atoms with Crippen molar-refractivity contribution in [1.29, 1.82) is 0 Å². The van der Waals surface area contributed by atoms with Gasteiger partial charge >= 0.3 is 0 Å². The lowest BCUT2D eigenvalue weighted by Crippen LogP contribution is -2.15. The van der Waals surface area contributed by atoms with Gasteiger partial charge in [-0.25, -0.2) is 4.98 Å². The average molecular weight is 555 g/mol. The molecule has 0 spiro atoms. The summed E-state index contributed by atoms with van der Waals surface area (Å²) in [6, 6.07) is 39.9. The van der Waals surface area contributed by atoms with Crippen molar-refractivity contribution in [3.63, 3.8) is 0 Å². The van der Waals surface area contributed by atoms with Crippen LogP contribution in [0.3, 0.4) is 0 Å². The standard InChI is InChI=1S/C39H26N2O2/c1-39(2)30-13-4-3-11-28(30)29-21-34-35(22-31(29)39)43-38-27(12-6-14-33(38)42-34)25-8-5-9-26(20-25)32-18-17-24-16-15-23-10-7-19-40-36(23)37(24)41-32/h3-22H,1-2H3. The quantitative estimate of drug-likeness (QED) is 0.199. The minimum Gasteiger partial charge on any atom is -0.449 e. The van der Waals surface area contributed by atoms with Gasteiger partial charge in [0.25, 0.3) is 0 Å². The van der Waals surface area contributed by atoms with E-state index in [0.717, 1.165) is 61.4 Å². The fraction of sp³-hybridized carbons (Fsp3) is 0.0769. The van der Waals surface area contributed by atoms with Crippen molar-refractivity contribution in [2.75, 3.05) is 0 Å². The fourth-order valence-corrected chi connectivity index (χ4v) is 6.76. The smallest absolute Gasteiger partial charge is 0.177 e. The van der Waals surface area contributed by atoms with E-state index in [9.17, 15) is 0 Å². The number of para-hydroxylation sites is 1. The number of pyridine rings is 2. The number of aromatic nitrogens is 2. The Balaban J connectivity index is 1.13. The van der Waals surface area contributed by atoms with E-state index < -0.39 is 0 Å². The molecule has 9 rings (SSSR count). The molecule has 4 heteroatoms. The molecular weight excluding hydrogens is 528 g/mol. The molecule has 1 aliphatic carbocycles. The van der Waals surface area contributed by atoms with Crippen LogP contribution in [0.4, 0.5) is 0 Å². The lowest BCUT2D eigenvalue weighted by Gasteiger charge is -2.26. The molecule has 2 aliphatic rings. The van der Waals surface area contributed by atoms with Gasteiger partial charge in [-0.2, -0.15) is 0 Å². The number of nitrogens with zero attached hydrogens (tertiary/aromatic N) is 2. The third kappa shape index (κ3) is 3.56. The maximum absolute atomic E-state index is 6.68. The molecule has 0 saturated carbocycles. The second kappa shape index (κ2) is 8.76. The normalized spacial score (nSPS) is 13.9. The second-order valence-corrected chi connectivity index (χ2v) is 11.8. The molecule has 0 fully saturated rings. The molecule has 0 saturated heterocycles. The zero-order valence-corrected chi connectivity index (χ0v) is 23.8. The first-order valence-corrected chi connectivity index (χ1v) is 14.6. The highest BCUT2D eigenvalue weighted by atomic mass is 16.6. The zero-order chi connectivity index (χ0) is 28.7. The molecule has 4 nitrogen and oxygen atoms in total. The third-order valence-corrected chi connectivity index (χ3v) is 8.96. The first-order chi connectivity index (χ1) is 21.0. The minimum atomic E-state index is -0.119. The number of ether oxygens (including phenoxy) is 2. The number of rotatable bonds is 2. The van der Waals surface area contributed by atoms with E-state index in [-0.39, 0.29) is 5.41 Å². The predicted octanol–water partition coefficient (Wildman–Crippen LogP) is 10.3. The average Bonchev–Trinajstić information content (AvgIpc) is 3.27. The molecule has 204 valence electrons. The first-order valence-electron chi connectivity index (χ1n) is 14.6. The van der Waals surface area contributed by atoms with Gasteiger partial charge in [-0.1, -0.05) is 92.7 Å². The van der Waals surface area contributed by atoms with Gasteiger partial charge in [0.1, 0.15) is 0 Å². The molecule has 7 aromatic rings. The summed E-state index contributed by atoms with van der Waals surface area (Å²) in [4.78, 5) is 9.70. The van der Waals surface area contributed by atoms with Gasteiger partial charge in [-0.3, -0.25) is 4.98 Å². The lowest BCUT2D eigenvalue weighted by atomic mass is 9.82. The highest BCUT2D eigenvalue weighted by Crippen LogP contribution is 2.56. The van der Waals surface area contributed by atoms with Crippen molar-refractivity contribution < 1.29 is 9.47 Å². The highest BCUT2D eigenvalue weighted by Gasteiger charge is 2.37. The van der Waals surface area contributed by atoms with Crippen LogP contribution in [0, 0.1) is 0 Å². The van der Waals surface area contributed by atoms with E-state index in [1.807, 2.05) is 24.4 Å². The van der Waals surface area contributed by atoms with Gasteiger partial charge in [-0.05, 0) is 64.2 Å². The van der Waals surface area contributed by atoms with Crippen LogP contribution in [-0.4, -0.2) is 9.97 Å². The molecule has 5 aromatic carbocycles. The van der Waals surface area contributed by atoms with E-state index in [1.54, 1.807) is 0 Å². The van der Waals surface area contributed by atoms with E-state index >= 15 is 0 Å². The van der Waals surface area contributed by atoms with Gasteiger partial charge < -0.3 is 9.47 Å². The van der Waals surface area contributed by atoms with E-state index in [4.69, 9.17) is 14.5 Å². The van der Waals surface area contributed by atoms with Crippen LogP contribution in [0.2, 0.25) is 0 Å². The van der Waals surface area contributed by atoms with E-state index in [0.29, 0.717) is 5.75 Å². The van der Waals surface area contributed by atoms with Gasteiger partial charge in [0.2, 0.25) is 0 Å². The minimum absolute atomic E-state index is 0.119. The zero-order valence-electron chi connectivity index (χ0n) is 23.8. The summed E-state index contributed by atoms with van der Waals surface area (Å²) in [5.74, 6) is 2.92. The molecule has 0 unspecified atom stereocenters. The SMILES string of the molecule is CC1(C)c2ccccc2-c2cc3c(cc21)Oc1c(cccc1-c1cccc(-c2ccc4ccc5cccnc5c4n2)c1)O3. The number of hydrogen-bond acceptors (Lipinski definition) is 4. The number of benzene rings is 5. The van der Waals surface area contributed by atoms with Crippen LogP contribution < -0.4 is 9.47 Å². The molecular formula is C39H26N2O2. The fourth-order valence-electron chi connectivity index (χ4n) is 6.76. The summed E-state index contributed by atoms with van der Waals surface area (Å²) in [7, 11) is 0. The molecule has 1 aliphatic heterocycles. The van der Waals surface area contributed by atoms with Crippen molar-refractivity contribution in [2.24, 2.45) is 0 Å². The van der Waals surface area contributed by atoms with Crippen molar-refractivity contribution in [3.8, 4) is 56.5 Å². The second-order valence-electron chi connectivity index (χ2n) is 11.8. The Bertz CT molecular complexity index is 2290. The monoisotopic (exact) mass is 554 g/mol. The van der Waals surface area contributed by atoms with E-state index in [2.05, 4.69) is 116 Å². The highest BCUT2D eigenvalue weighted by molar-refractivity contribution is 6.03. The van der Waals surface area contributed by atoms with Crippen LogP contribution >= 0.6 is 0 Å². The Morgan fingerprint density at radius 3 is 2.23 bits per heavy atom. The molecule has 0 N–H and O–H groups in total. The van der Waals surface area contributed by atoms with Crippen molar-refractivity contribution >= 4 is 21.8 Å². The maximum Gasteiger partial charge on any atom is 0.177 e. The molecule has 2 aromatic heterocycles. The third-order valence-electron chi connectivity index (χ3n) is 8.96. The summed E-state index contributed by atoms with van der Waals surface area (Å²) in [6.07, 6.45) is 1.82.